The molecule has 0 aromatic heterocycles. The number of carbonyl (C=O) groups excluding carboxylic acids is 1. The Morgan fingerprint density at radius 1 is 1.19 bits per heavy atom. The summed E-state index contributed by atoms with van der Waals surface area (Å²) in [5.41, 5.74) is 2.31. The zero-order valence-corrected chi connectivity index (χ0v) is 15.7. The van der Waals surface area contributed by atoms with Gasteiger partial charge in [-0.25, -0.2) is 0 Å². The van der Waals surface area contributed by atoms with Crippen LogP contribution in [0.5, 0.6) is 5.75 Å². The number of carbonyl (C=O) groups is 1. The molecular weight excluding hydrogens is 324 g/mol. The number of anilines is 1. The lowest BCUT2D eigenvalue weighted by molar-refractivity contribution is -0.125. The molecule has 0 aliphatic carbocycles. The number of hydrogen-bond acceptors (Lipinski definition) is 3. The Hall–Kier alpha value is -2.49. The molecule has 0 spiro atoms. The molecular formula is C22H28N2O2. The molecule has 26 heavy (non-hydrogen) atoms. The summed E-state index contributed by atoms with van der Waals surface area (Å²) in [6.45, 7) is 3.82. The fraction of sp³-hybridized carbons (Fsp3) is 0.409. The number of nitrogens with zero attached hydrogens (tertiary/aromatic N) is 1. The maximum atomic E-state index is 12.6. The van der Waals surface area contributed by atoms with Crippen LogP contribution >= 0.6 is 0 Å². The number of ether oxygens (including phenoxy) is 1. The Labute approximate surface area is 156 Å². The zero-order valence-electron chi connectivity index (χ0n) is 15.7. The topological polar surface area (TPSA) is 41.6 Å². The summed E-state index contributed by atoms with van der Waals surface area (Å²) in [4.78, 5) is 14.9. The van der Waals surface area contributed by atoms with Crippen LogP contribution in [0.2, 0.25) is 0 Å². The number of piperidine rings is 1. The van der Waals surface area contributed by atoms with E-state index in [4.69, 9.17) is 4.74 Å². The van der Waals surface area contributed by atoms with Gasteiger partial charge in [0.25, 0.3) is 0 Å². The second-order valence-electron chi connectivity index (χ2n) is 7.06. The molecule has 1 aliphatic rings. The molecule has 1 N–H and O–H groups in total. The van der Waals surface area contributed by atoms with Gasteiger partial charge in [-0.1, -0.05) is 49.4 Å². The van der Waals surface area contributed by atoms with Gasteiger partial charge < -0.3 is 15.0 Å². The molecule has 3 rings (SSSR count). The second-order valence-corrected chi connectivity index (χ2v) is 7.06. The largest absolute Gasteiger partial charge is 0.495 e. The van der Waals surface area contributed by atoms with Crippen LogP contribution < -0.4 is 15.0 Å². The Morgan fingerprint density at radius 2 is 1.92 bits per heavy atom. The molecule has 1 fully saturated rings. The molecule has 2 aromatic rings. The molecule has 4 nitrogen and oxygen atoms in total. The van der Waals surface area contributed by atoms with E-state index in [9.17, 15) is 4.79 Å². The minimum absolute atomic E-state index is 0.0287. The van der Waals surface area contributed by atoms with Crippen molar-refractivity contribution in [2.75, 3.05) is 25.1 Å². The van der Waals surface area contributed by atoms with Crippen molar-refractivity contribution in [1.29, 1.82) is 0 Å². The van der Waals surface area contributed by atoms with Crippen LogP contribution in [0.1, 0.15) is 25.3 Å². The van der Waals surface area contributed by atoms with E-state index in [-0.39, 0.29) is 17.9 Å². The molecule has 2 atom stereocenters. The van der Waals surface area contributed by atoms with Gasteiger partial charge in [0, 0.05) is 25.0 Å². The summed E-state index contributed by atoms with van der Waals surface area (Å²) in [5, 5.41) is 3.25. The standard InChI is InChI=1S/C22H28N2O2/c1-17(15-18-9-4-3-5-10-18)22(25)23-19-11-8-14-24(16-19)20-12-6-7-13-21(20)26-2/h3-7,9-10,12-13,17,19H,8,11,14-16H2,1-2H3,(H,23,25). The summed E-state index contributed by atoms with van der Waals surface area (Å²) in [6.07, 6.45) is 2.86. The Morgan fingerprint density at radius 3 is 2.69 bits per heavy atom. The molecule has 1 saturated heterocycles. The second kappa shape index (κ2) is 8.75. The first-order valence-corrected chi connectivity index (χ1v) is 9.39. The highest BCUT2D eigenvalue weighted by Gasteiger charge is 2.25. The van der Waals surface area contributed by atoms with Gasteiger partial charge in [0.15, 0.2) is 0 Å². The predicted octanol–water partition coefficient (Wildman–Crippen LogP) is 3.66. The van der Waals surface area contributed by atoms with Gasteiger partial charge in [-0.05, 0) is 37.0 Å². The van der Waals surface area contributed by atoms with Crippen LogP contribution in [0.3, 0.4) is 0 Å². The number of para-hydroxylation sites is 2. The van der Waals surface area contributed by atoms with E-state index in [0.29, 0.717) is 0 Å². The fourth-order valence-corrected chi connectivity index (χ4v) is 3.61. The van der Waals surface area contributed by atoms with Crippen molar-refractivity contribution in [3.8, 4) is 5.75 Å². The highest BCUT2D eigenvalue weighted by Crippen LogP contribution is 2.29. The normalized spacial score (nSPS) is 18.2. The molecule has 1 heterocycles. The fourth-order valence-electron chi connectivity index (χ4n) is 3.61. The first-order chi connectivity index (χ1) is 12.7. The van der Waals surface area contributed by atoms with E-state index in [0.717, 1.165) is 43.8 Å². The Kier molecular flexibility index (Phi) is 6.16. The van der Waals surface area contributed by atoms with Crippen molar-refractivity contribution in [3.05, 3.63) is 60.2 Å². The van der Waals surface area contributed by atoms with E-state index in [2.05, 4.69) is 28.4 Å². The van der Waals surface area contributed by atoms with E-state index in [1.54, 1.807) is 7.11 Å². The molecule has 0 saturated carbocycles. The molecule has 4 heteroatoms. The Bertz CT molecular complexity index is 717. The Balaban J connectivity index is 1.58. The number of nitrogens with one attached hydrogen (secondary N) is 1. The SMILES string of the molecule is COc1ccccc1N1CCCC(NC(=O)C(C)Cc2ccccc2)C1. The van der Waals surface area contributed by atoms with E-state index in [1.807, 2.05) is 43.3 Å². The minimum Gasteiger partial charge on any atom is -0.495 e. The maximum Gasteiger partial charge on any atom is 0.223 e. The highest BCUT2D eigenvalue weighted by atomic mass is 16.5. The summed E-state index contributed by atoms with van der Waals surface area (Å²) in [6, 6.07) is 18.5. The van der Waals surface area contributed by atoms with Gasteiger partial charge in [-0.15, -0.1) is 0 Å². The van der Waals surface area contributed by atoms with Crippen LogP contribution in [-0.4, -0.2) is 32.1 Å². The van der Waals surface area contributed by atoms with Crippen molar-refractivity contribution in [3.63, 3.8) is 0 Å². The molecule has 2 unspecified atom stereocenters. The van der Waals surface area contributed by atoms with Crippen molar-refractivity contribution in [2.24, 2.45) is 5.92 Å². The molecule has 1 amide bonds. The molecule has 138 valence electrons. The lowest BCUT2D eigenvalue weighted by atomic mass is 9.98. The van der Waals surface area contributed by atoms with Gasteiger partial charge in [0.05, 0.1) is 12.8 Å². The lowest BCUT2D eigenvalue weighted by Gasteiger charge is -2.35. The average Bonchev–Trinajstić information content (AvgIpc) is 2.69. The van der Waals surface area contributed by atoms with Crippen LogP contribution in [-0.2, 0) is 11.2 Å². The van der Waals surface area contributed by atoms with E-state index in [1.165, 1.54) is 5.56 Å². The molecule has 0 bridgehead atoms. The summed E-state index contributed by atoms with van der Waals surface area (Å²) in [5.74, 6) is 0.997. The van der Waals surface area contributed by atoms with Crippen LogP contribution in [0, 0.1) is 5.92 Å². The first-order valence-electron chi connectivity index (χ1n) is 9.39. The maximum absolute atomic E-state index is 12.6. The van der Waals surface area contributed by atoms with Gasteiger partial charge in [0.2, 0.25) is 5.91 Å². The third-order valence-corrected chi connectivity index (χ3v) is 5.03. The van der Waals surface area contributed by atoms with Gasteiger partial charge in [0.1, 0.15) is 5.75 Å². The van der Waals surface area contributed by atoms with Crippen LogP contribution in [0.15, 0.2) is 54.6 Å². The number of methoxy groups -OCH3 is 1. The molecule has 2 aromatic carbocycles. The monoisotopic (exact) mass is 352 g/mol. The number of hydrogen-bond donors (Lipinski definition) is 1. The minimum atomic E-state index is -0.0287. The molecule has 1 aliphatic heterocycles. The average molecular weight is 352 g/mol. The summed E-state index contributed by atoms with van der Waals surface area (Å²) in [7, 11) is 1.70. The van der Waals surface area contributed by atoms with Crippen molar-refractivity contribution < 1.29 is 9.53 Å². The zero-order chi connectivity index (χ0) is 18.4. The highest BCUT2D eigenvalue weighted by molar-refractivity contribution is 5.79. The molecule has 0 radical (unpaired) electrons. The van der Waals surface area contributed by atoms with Crippen molar-refractivity contribution >= 4 is 11.6 Å². The van der Waals surface area contributed by atoms with Gasteiger partial charge in [-0.3, -0.25) is 4.79 Å². The van der Waals surface area contributed by atoms with Crippen molar-refractivity contribution in [1.82, 2.24) is 5.32 Å². The number of benzene rings is 2. The van der Waals surface area contributed by atoms with Crippen LogP contribution in [0.4, 0.5) is 5.69 Å². The lowest BCUT2D eigenvalue weighted by Crippen LogP contribution is -2.49. The van der Waals surface area contributed by atoms with Crippen molar-refractivity contribution in [2.45, 2.75) is 32.2 Å². The first kappa shape index (κ1) is 18.3. The summed E-state index contributed by atoms with van der Waals surface area (Å²) >= 11 is 0. The summed E-state index contributed by atoms with van der Waals surface area (Å²) < 4.78 is 5.49. The smallest absolute Gasteiger partial charge is 0.223 e. The number of amides is 1. The quantitative estimate of drug-likeness (QED) is 0.863. The third kappa shape index (κ3) is 4.57. The van der Waals surface area contributed by atoms with Crippen LogP contribution in [0.25, 0.3) is 0 Å². The number of rotatable bonds is 6. The van der Waals surface area contributed by atoms with E-state index < -0.39 is 0 Å². The van der Waals surface area contributed by atoms with Gasteiger partial charge in [-0.2, -0.15) is 0 Å². The third-order valence-electron chi connectivity index (χ3n) is 5.03. The van der Waals surface area contributed by atoms with E-state index >= 15 is 0 Å². The van der Waals surface area contributed by atoms with Gasteiger partial charge >= 0.3 is 0 Å². The predicted molar refractivity (Wildman–Crippen MR) is 106 cm³/mol.